The summed E-state index contributed by atoms with van der Waals surface area (Å²) in [6.07, 6.45) is 14.7. The number of aliphatic hydroxyl groups excluding tert-OH is 1. The molecule has 2 heteroatoms. The van der Waals surface area contributed by atoms with E-state index in [0.717, 1.165) is 0 Å². The third-order valence-corrected chi connectivity index (χ3v) is 20.7. The van der Waals surface area contributed by atoms with E-state index in [9.17, 15) is 5.11 Å². The van der Waals surface area contributed by atoms with Crippen molar-refractivity contribution in [1.29, 1.82) is 0 Å². The van der Waals surface area contributed by atoms with Crippen molar-refractivity contribution in [3.63, 3.8) is 0 Å². The molecule has 0 aromatic rings. The number of rotatable bonds is 13. The van der Waals surface area contributed by atoms with Gasteiger partial charge in [-0.1, -0.05) is 0 Å². The Labute approximate surface area is 144 Å². The van der Waals surface area contributed by atoms with Crippen LogP contribution < -0.4 is 0 Å². The van der Waals surface area contributed by atoms with Gasteiger partial charge in [-0.15, -0.1) is 0 Å². The molecule has 0 aliphatic heterocycles. The van der Waals surface area contributed by atoms with E-state index in [2.05, 4.69) is 52.8 Å². The molecular formula is C20H40OSn. The van der Waals surface area contributed by atoms with Gasteiger partial charge in [-0.3, -0.25) is 0 Å². The van der Waals surface area contributed by atoms with Crippen molar-refractivity contribution in [2.24, 2.45) is 5.92 Å². The fraction of sp³-hybridized carbons (Fsp3) is 0.800. The van der Waals surface area contributed by atoms with Crippen molar-refractivity contribution >= 4 is 18.4 Å². The zero-order valence-corrected chi connectivity index (χ0v) is 18.7. The Bertz CT molecular complexity index is 296. The molecule has 0 aromatic heterocycles. The summed E-state index contributed by atoms with van der Waals surface area (Å²) < 4.78 is 5.79. The van der Waals surface area contributed by atoms with Gasteiger partial charge in [-0.25, -0.2) is 0 Å². The van der Waals surface area contributed by atoms with Crippen LogP contribution in [0.2, 0.25) is 13.3 Å². The maximum absolute atomic E-state index is 10.1. The second kappa shape index (κ2) is 13.7. The molecular weight excluding hydrogens is 375 g/mol. The van der Waals surface area contributed by atoms with Gasteiger partial charge in [0.15, 0.2) is 0 Å². The molecule has 0 aromatic carbocycles. The standard InChI is InChI=1S/C8H13O.3C4H9.Sn/c1-8(2)6-4-3-5-7-9;3*1-3-4-2;/h3-4,6,8-9H,7H2,1-2H3;3*1,3-4H2,2H3;/b5-3?,6-4+;;;;. The molecule has 0 fully saturated rings. The van der Waals surface area contributed by atoms with Crippen molar-refractivity contribution in [1.82, 2.24) is 0 Å². The summed E-state index contributed by atoms with van der Waals surface area (Å²) >= 11 is -2.38. The molecule has 0 bridgehead atoms. The molecule has 0 aliphatic rings. The molecule has 0 saturated carbocycles. The van der Waals surface area contributed by atoms with Crippen LogP contribution in [0.5, 0.6) is 0 Å². The van der Waals surface area contributed by atoms with E-state index in [1.165, 1.54) is 55.4 Å². The first-order valence-corrected chi connectivity index (χ1v) is 17.0. The van der Waals surface area contributed by atoms with Crippen LogP contribution in [0.1, 0.15) is 73.1 Å². The van der Waals surface area contributed by atoms with E-state index in [1.807, 2.05) is 0 Å². The summed E-state index contributed by atoms with van der Waals surface area (Å²) in [6, 6.07) is 0. The first kappa shape index (κ1) is 22.2. The Morgan fingerprint density at radius 2 is 1.36 bits per heavy atom. The van der Waals surface area contributed by atoms with Crippen LogP contribution in [0.15, 0.2) is 21.8 Å². The second-order valence-electron chi connectivity index (χ2n) is 7.07. The third-order valence-electron chi connectivity index (χ3n) is 4.67. The molecule has 0 atom stereocenters. The van der Waals surface area contributed by atoms with Crippen LogP contribution in [-0.2, 0) is 0 Å². The SMILES string of the molecule is CCC[CH2][Sn]([CH2]CCC)([CH2]CCC)/[C](=C/C=C/C(C)C)CO. The van der Waals surface area contributed by atoms with Crippen molar-refractivity contribution in [2.45, 2.75) is 86.5 Å². The summed E-state index contributed by atoms with van der Waals surface area (Å²) in [5, 5.41) is 10.1. The maximum atomic E-state index is 10.1. The number of unbranched alkanes of at least 4 members (excludes halogenated alkanes) is 3. The summed E-state index contributed by atoms with van der Waals surface area (Å²) in [5.74, 6) is 0.586. The van der Waals surface area contributed by atoms with Crippen molar-refractivity contribution in [3.05, 3.63) is 21.8 Å². The van der Waals surface area contributed by atoms with Crippen molar-refractivity contribution < 1.29 is 5.11 Å². The van der Waals surface area contributed by atoms with Crippen LogP contribution in [0, 0.1) is 5.92 Å². The summed E-state index contributed by atoms with van der Waals surface area (Å²) in [5.41, 5.74) is 0. The molecule has 1 N–H and O–H groups in total. The monoisotopic (exact) mass is 416 g/mol. The Kier molecular flexibility index (Phi) is 13.8. The van der Waals surface area contributed by atoms with Crippen molar-refractivity contribution in [3.8, 4) is 0 Å². The molecule has 0 amide bonds. The van der Waals surface area contributed by atoms with Crippen LogP contribution in [0.25, 0.3) is 0 Å². The van der Waals surface area contributed by atoms with Gasteiger partial charge < -0.3 is 0 Å². The molecule has 0 radical (unpaired) electrons. The molecule has 22 heavy (non-hydrogen) atoms. The van der Waals surface area contributed by atoms with E-state index in [1.54, 1.807) is 0 Å². The summed E-state index contributed by atoms with van der Waals surface area (Å²) in [6.45, 7) is 11.6. The van der Waals surface area contributed by atoms with Gasteiger partial charge in [0.25, 0.3) is 0 Å². The van der Waals surface area contributed by atoms with E-state index >= 15 is 0 Å². The van der Waals surface area contributed by atoms with Crippen LogP contribution in [-0.4, -0.2) is 30.1 Å². The molecule has 0 unspecified atom stereocenters. The van der Waals surface area contributed by atoms with Crippen LogP contribution in [0.4, 0.5) is 0 Å². The Hall–Kier alpha value is 0.239. The normalized spacial score (nSPS) is 13.5. The van der Waals surface area contributed by atoms with E-state index in [-0.39, 0.29) is 0 Å². The Balaban J connectivity index is 5.39. The van der Waals surface area contributed by atoms with Gasteiger partial charge in [0, 0.05) is 0 Å². The first-order valence-electron chi connectivity index (χ1n) is 9.55. The van der Waals surface area contributed by atoms with Crippen LogP contribution >= 0.6 is 0 Å². The molecule has 0 spiro atoms. The quantitative estimate of drug-likeness (QED) is 0.269. The van der Waals surface area contributed by atoms with E-state index in [4.69, 9.17) is 0 Å². The predicted octanol–water partition coefficient (Wildman–Crippen LogP) is 6.51. The second-order valence-corrected chi connectivity index (χ2v) is 20.5. The zero-order chi connectivity index (χ0) is 16.8. The van der Waals surface area contributed by atoms with E-state index in [0.29, 0.717) is 12.5 Å². The first-order chi connectivity index (χ1) is 10.6. The average Bonchev–Trinajstić information content (AvgIpc) is 2.51. The zero-order valence-electron chi connectivity index (χ0n) is 15.8. The number of aliphatic hydroxyl groups is 1. The fourth-order valence-corrected chi connectivity index (χ4v) is 19.1. The Morgan fingerprint density at radius 1 is 0.909 bits per heavy atom. The van der Waals surface area contributed by atoms with Gasteiger partial charge in [0.05, 0.1) is 0 Å². The van der Waals surface area contributed by atoms with Gasteiger partial charge in [-0.05, 0) is 0 Å². The molecule has 0 heterocycles. The molecule has 0 aliphatic carbocycles. The van der Waals surface area contributed by atoms with Gasteiger partial charge in [0.1, 0.15) is 0 Å². The van der Waals surface area contributed by atoms with Crippen molar-refractivity contribution in [2.75, 3.05) is 6.61 Å². The molecule has 0 saturated heterocycles. The third kappa shape index (κ3) is 8.76. The fourth-order valence-electron chi connectivity index (χ4n) is 3.19. The molecule has 130 valence electrons. The molecule has 1 nitrogen and oxygen atoms in total. The van der Waals surface area contributed by atoms with Gasteiger partial charge >= 0.3 is 144 Å². The number of hydrogen-bond donors (Lipinski definition) is 1. The van der Waals surface area contributed by atoms with E-state index < -0.39 is 18.4 Å². The van der Waals surface area contributed by atoms with Crippen LogP contribution in [0.3, 0.4) is 0 Å². The average molecular weight is 415 g/mol. The topological polar surface area (TPSA) is 20.2 Å². The van der Waals surface area contributed by atoms with Gasteiger partial charge in [0.2, 0.25) is 0 Å². The predicted molar refractivity (Wildman–Crippen MR) is 104 cm³/mol. The minimum absolute atomic E-state index is 0.301. The summed E-state index contributed by atoms with van der Waals surface area (Å²) in [4.78, 5) is 0. The van der Waals surface area contributed by atoms with Gasteiger partial charge in [-0.2, -0.15) is 0 Å². The Morgan fingerprint density at radius 3 is 1.68 bits per heavy atom. The summed E-state index contributed by atoms with van der Waals surface area (Å²) in [7, 11) is 0. The number of allylic oxidation sites excluding steroid dienone is 3. The number of hydrogen-bond acceptors (Lipinski definition) is 1. The minimum atomic E-state index is -2.38. The molecule has 0 rings (SSSR count).